The van der Waals surface area contributed by atoms with Gasteiger partial charge in [0.15, 0.2) is 5.15 Å². The van der Waals surface area contributed by atoms with Crippen LogP contribution in [0.3, 0.4) is 0 Å². The Bertz CT molecular complexity index is 719. The van der Waals surface area contributed by atoms with Crippen LogP contribution in [0.1, 0.15) is 24.1 Å². The molecule has 0 amide bonds. The van der Waals surface area contributed by atoms with Gasteiger partial charge in [-0.15, -0.1) is 0 Å². The summed E-state index contributed by atoms with van der Waals surface area (Å²) in [5, 5.41) is -0.567. The molecule has 0 aliphatic heterocycles. The van der Waals surface area contributed by atoms with Crippen LogP contribution < -0.4 is 11.2 Å². The third-order valence-corrected chi connectivity index (χ3v) is 3.24. The Hall–Kier alpha value is -1.88. The normalized spacial score (nSPS) is 12.4. The maximum Gasteiger partial charge on any atom is 0.330 e. The Morgan fingerprint density at radius 3 is 2.42 bits per heavy atom. The van der Waals surface area contributed by atoms with Gasteiger partial charge in [-0.3, -0.25) is 14.3 Å². The molecule has 1 aromatic heterocycles. The summed E-state index contributed by atoms with van der Waals surface area (Å²) in [4.78, 5) is 25.6. The van der Waals surface area contributed by atoms with Crippen molar-refractivity contribution in [1.82, 2.24) is 9.55 Å². The summed E-state index contributed by atoms with van der Waals surface area (Å²) in [6.07, 6.45) is 0. The molecule has 0 aliphatic carbocycles. The van der Waals surface area contributed by atoms with Gasteiger partial charge in [0.05, 0.1) is 6.04 Å². The van der Waals surface area contributed by atoms with Crippen molar-refractivity contribution in [1.29, 1.82) is 0 Å². The fourth-order valence-corrected chi connectivity index (χ4v) is 2.01. The zero-order valence-electron chi connectivity index (χ0n) is 10.4. The number of hydrogen-bond acceptors (Lipinski definition) is 2. The number of hydrogen-bond donors (Lipinski definition) is 1. The van der Waals surface area contributed by atoms with E-state index in [0.29, 0.717) is 0 Å². The predicted octanol–water partition coefficient (Wildman–Crippen LogP) is 2.25. The molecule has 2 rings (SSSR count). The van der Waals surface area contributed by atoms with Crippen LogP contribution in [0.25, 0.3) is 0 Å². The van der Waals surface area contributed by atoms with Crippen LogP contribution in [0.15, 0.2) is 33.9 Å². The highest BCUT2D eigenvalue weighted by Gasteiger charge is 2.17. The van der Waals surface area contributed by atoms with Crippen molar-refractivity contribution < 1.29 is 4.39 Å². The van der Waals surface area contributed by atoms with E-state index in [2.05, 4.69) is 4.98 Å². The maximum atomic E-state index is 13.5. The van der Waals surface area contributed by atoms with Crippen molar-refractivity contribution in [3.05, 3.63) is 67.2 Å². The number of halogens is 2. The molecule has 0 radical (unpaired) electrons. The minimum absolute atomic E-state index is 0.567. The number of nitrogens with zero attached hydrogens (tertiary/aromatic N) is 1. The van der Waals surface area contributed by atoms with Crippen molar-refractivity contribution >= 4 is 11.6 Å². The second-order valence-corrected chi connectivity index (χ2v) is 4.70. The SMILES string of the molecule is Cc1ccc(C(C)n2c(=O)[nH]c(Cl)c(F)c2=O)cc1. The third-order valence-electron chi connectivity index (χ3n) is 2.98. The molecule has 6 heteroatoms. The molecule has 0 aliphatic rings. The molecular weight excluding hydrogens is 271 g/mol. The van der Waals surface area contributed by atoms with Crippen molar-refractivity contribution in [2.45, 2.75) is 19.9 Å². The van der Waals surface area contributed by atoms with E-state index >= 15 is 0 Å². The second-order valence-electron chi connectivity index (χ2n) is 4.32. The van der Waals surface area contributed by atoms with E-state index in [9.17, 15) is 14.0 Å². The molecular formula is C13H12ClFN2O2. The summed E-state index contributed by atoms with van der Waals surface area (Å²) in [6.45, 7) is 3.57. The van der Waals surface area contributed by atoms with E-state index in [1.54, 1.807) is 19.1 Å². The fourth-order valence-electron chi connectivity index (χ4n) is 1.85. The van der Waals surface area contributed by atoms with Gasteiger partial charge >= 0.3 is 5.69 Å². The highest BCUT2D eigenvalue weighted by atomic mass is 35.5. The van der Waals surface area contributed by atoms with Gasteiger partial charge in [-0.1, -0.05) is 41.4 Å². The van der Waals surface area contributed by atoms with E-state index in [1.807, 2.05) is 19.1 Å². The zero-order chi connectivity index (χ0) is 14.2. The molecule has 0 bridgehead atoms. The summed E-state index contributed by atoms with van der Waals surface area (Å²) in [7, 11) is 0. The Morgan fingerprint density at radius 2 is 1.84 bits per heavy atom. The lowest BCUT2D eigenvalue weighted by molar-refractivity contribution is 0.515. The monoisotopic (exact) mass is 282 g/mol. The Morgan fingerprint density at radius 1 is 1.26 bits per heavy atom. The highest BCUT2D eigenvalue weighted by Crippen LogP contribution is 2.15. The van der Waals surface area contributed by atoms with Gasteiger partial charge < -0.3 is 0 Å². The first kappa shape index (κ1) is 13.5. The predicted molar refractivity (Wildman–Crippen MR) is 71.3 cm³/mol. The average molecular weight is 283 g/mol. The third kappa shape index (κ3) is 2.46. The molecule has 0 fully saturated rings. The lowest BCUT2D eigenvalue weighted by Crippen LogP contribution is -2.39. The van der Waals surface area contributed by atoms with Crippen LogP contribution in [0.2, 0.25) is 5.15 Å². The fraction of sp³-hybridized carbons (Fsp3) is 0.231. The van der Waals surface area contributed by atoms with Crippen molar-refractivity contribution in [2.24, 2.45) is 0 Å². The minimum atomic E-state index is -1.15. The number of aromatic amines is 1. The zero-order valence-corrected chi connectivity index (χ0v) is 11.2. The molecule has 0 saturated carbocycles. The molecule has 0 spiro atoms. The van der Waals surface area contributed by atoms with Gasteiger partial charge in [0.2, 0.25) is 5.82 Å². The van der Waals surface area contributed by atoms with Crippen LogP contribution in [-0.4, -0.2) is 9.55 Å². The van der Waals surface area contributed by atoms with Crippen LogP contribution in [0, 0.1) is 12.7 Å². The van der Waals surface area contributed by atoms with Gasteiger partial charge in [-0.2, -0.15) is 4.39 Å². The van der Waals surface area contributed by atoms with Crippen molar-refractivity contribution in [3.8, 4) is 0 Å². The quantitative estimate of drug-likeness (QED) is 0.859. The van der Waals surface area contributed by atoms with Crippen LogP contribution in [0.5, 0.6) is 0 Å². The smallest absolute Gasteiger partial charge is 0.295 e. The number of rotatable bonds is 2. The maximum absolute atomic E-state index is 13.5. The van der Waals surface area contributed by atoms with Crippen molar-refractivity contribution in [3.63, 3.8) is 0 Å². The molecule has 4 nitrogen and oxygen atoms in total. The molecule has 1 heterocycles. The highest BCUT2D eigenvalue weighted by molar-refractivity contribution is 6.29. The standard InChI is InChI=1S/C13H12ClFN2O2/c1-7-3-5-9(6-4-7)8(2)17-12(18)10(15)11(14)16-13(17)19/h3-6,8H,1-2H3,(H,16,19). The van der Waals surface area contributed by atoms with Crippen LogP contribution in [0.4, 0.5) is 4.39 Å². The molecule has 1 unspecified atom stereocenters. The van der Waals surface area contributed by atoms with E-state index in [1.165, 1.54) is 0 Å². The lowest BCUT2D eigenvalue weighted by Gasteiger charge is -2.14. The lowest BCUT2D eigenvalue weighted by atomic mass is 10.1. The van der Waals surface area contributed by atoms with Gasteiger partial charge in [-0.25, -0.2) is 4.79 Å². The molecule has 1 atom stereocenters. The molecule has 1 N–H and O–H groups in total. The minimum Gasteiger partial charge on any atom is -0.295 e. The first-order chi connectivity index (χ1) is 8.91. The average Bonchev–Trinajstić information content (AvgIpc) is 2.37. The second kappa shape index (κ2) is 5.01. The first-order valence-electron chi connectivity index (χ1n) is 5.68. The van der Waals surface area contributed by atoms with Crippen LogP contribution in [-0.2, 0) is 0 Å². The molecule has 19 heavy (non-hydrogen) atoms. The summed E-state index contributed by atoms with van der Waals surface area (Å²) in [5.74, 6) is -1.15. The number of nitrogens with one attached hydrogen (secondary N) is 1. The van der Waals surface area contributed by atoms with Crippen LogP contribution >= 0.6 is 11.6 Å². The molecule has 100 valence electrons. The molecule has 2 aromatic rings. The van der Waals surface area contributed by atoms with Gasteiger partial charge in [-0.05, 0) is 19.4 Å². The first-order valence-corrected chi connectivity index (χ1v) is 6.06. The van der Waals surface area contributed by atoms with E-state index in [-0.39, 0.29) is 0 Å². The number of benzene rings is 1. The van der Waals surface area contributed by atoms with Gasteiger partial charge in [0.1, 0.15) is 0 Å². The van der Waals surface area contributed by atoms with E-state index in [4.69, 9.17) is 11.6 Å². The Balaban J connectivity index is 2.59. The summed E-state index contributed by atoms with van der Waals surface area (Å²) >= 11 is 5.42. The number of aryl methyl sites for hydroxylation is 1. The topological polar surface area (TPSA) is 54.9 Å². The van der Waals surface area contributed by atoms with E-state index < -0.39 is 28.3 Å². The largest absolute Gasteiger partial charge is 0.330 e. The Kier molecular flexibility index (Phi) is 3.57. The summed E-state index contributed by atoms with van der Waals surface area (Å²) < 4.78 is 14.3. The van der Waals surface area contributed by atoms with Crippen molar-refractivity contribution in [2.75, 3.05) is 0 Å². The molecule has 0 saturated heterocycles. The Labute approximate surface area is 113 Å². The summed E-state index contributed by atoms with van der Waals surface area (Å²) in [6, 6.07) is 6.72. The van der Waals surface area contributed by atoms with E-state index in [0.717, 1.165) is 15.7 Å². The molecule has 1 aromatic carbocycles. The number of H-pyrrole nitrogens is 1. The van der Waals surface area contributed by atoms with Gasteiger partial charge in [0, 0.05) is 0 Å². The summed E-state index contributed by atoms with van der Waals surface area (Å²) in [5.41, 5.74) is 0.0331. The van der Waals surface area contributed by atoms with Gasteiger partial charge in [0.25, 0.3) is 5.56 Å². The number of aromatic nitrogens is 2.